The molecule has 0 aliphatic carbocycles. The molecule has 138 valence electrons. The number of piperidine rings is 2. The van der Waals surface area contributed by atoms with Gasteiger partial charge in [0.2, 0.25) is 10.0 Å². The van der Waals surface area contributed by atoms with Gasteiger partial charge in [0.25, 0.3) is 0 Å². The van der Waals surface area contributed by atoms with E-state index in [4.69, 9.17) is 0 Å². The molecule has 0 aromatic heterocycles. The first-order chi connectivity index (χ1) is 11.4. The maximum atomic E-state index is 13.0. The number of allylic oxidation sites excluding steroid dienone is 4. The second-order valence-corrected chi connectivity index (χ2v) is 9.37. The summed E-state index contributed by atoms with van der Waals surface area (Å²) in [5, 5.41) is 0. The first-order valence-electron chi connectivity index (χ1n) is 9.45. The fraction of sp³-hybridized carbons (Fsp3) is 0.789. The predicted octanol–water partition coefficient (Wildman–Crippen LogP) is 3.92. The van der Waals surface area contributed by atoms with Crippen LogP contribution in [-0.4, -0.2) is 49.8 Å². The van der Waals surface area contributed by atoms with Gasteiger partial charge in [-0.05, 0) is 71.5 Å². The maximum absolute atomic E-state index is 13.0. The fourth-order valence-electron chi connectivity index (χ4n) is 4.07. The van der Waals surface area contributed by atoms with Gasteiger partial charge in [0.15, 0.2) is 0 Å². The van der Waals surface area contributed by atoms with Crippen LogP contribution in [0.4, 0.5) is 0 Å². The van der Waals surface area contributed by atoms with Crippen molar-refractivity contribution in [3.63, 3.8) is 0 Å². The third-order valence-corrected chi connectivity index (χ3v) is 7.53. The Bertz CT molecular complexity index is 574. The molecule has 4 nitrogen and oxygen atoms in total. The molecule has 0 N–H and O–H groups in total. The molecule has 2 fully saturated rings. The molecule has 0 atom stereocenters. The van der Waals surface area contributed by atoms with E-state index in [1.54, 1.807) is 4.31 Å². The third kappa shape index (κ3) is 4.70. The second-order valence-electron chi connectivity index (χ2n) is 7.41. The molecule has 0 aromatic rings. The lowest BCUT2D eigenvalue weighted by molar-refractivity contribution is 0.118. The van der Waals surface area contributed by atoms with Crippen LogP contribution in [0.25, 0.3) is 0 Å². The Morgan fingerprint density at radius 1 is 1.00 bits per heavy atom. The minimum atomic E-state index is -3.32. The van der Waals surface area contributed by atoms with Crippen molar-refractivity contribution < 1.29 is 8.42 Å². The summed E-state index contributed by atoms with van der Waals surface area (Å²) in [6.07, 6.45) is 8.42. The summed E-state index contributed by atoms with van der Waals surface area (Å²) >= 11 is 0. The summed E-state index contributed by atoms with van der Waals surface area (Å²) < 4.78 is 27.8. The van der Waals surface area contributed by atoms with E-state index in [1.165, 1.54) is 32.4 Å². The van der Waals surface area contributed by atoms with Crippen molar-refractivity contribution in [1.29, 1.82) is 0 Å². The Labute approximate surface area is 148 Å². The van der Waals surface area contributed by atoms with Gasteiger partial charge in [0.1, 0.15) is 0 Å². The quantitative estimate of drug-likeness (QED) is 0.703. The van der Waals surface area contributed by atoms with Crippen LogP contribution >= 0.6 is 0 Å². The molecule has 5 heteroatoms. The lowest BCUT2D eigenvalue weighted by Gasteiger charge is -2.40. The lowest BCUT2D eigenvalue weighted by Crippen LogP contribution is -2.48. The summed E-state index contributed by atoms with van der Waals surface area (Å²) in [5.74, 6) is 0. The first-order valence-corrected chi connectivity index (χ1v) is 10.9. The molecule has 0 radical (unpaired) electrons. The summed E-state index contributed by atoms with van der Waals surface area (Å²) in [6, 6.07) is 0.574. The van der Waals surface area contributed by atoms with E-state index in [0.29, 0.717) is 30.5 Å². The summed E-state index contributed by atoms with van der Waals surface area (Å²) in [4.78, 5) is 3.17. The van der Waals surface area contributed by atoms with Crippen LogP contribution < -0.4 is 0 Å². The van der Waals surface area contributed by atoms with Crippen molar-refractivity contribution in [2.45, 2.75) is 72.3 Å². The number of sulfonamides is 1. The molecule has 0 aromatic carbocycles. The van der Waals surface area contributed by atoms with E-state index in [2.05, 4.69) is 4.90 Å². The Morgan fingerprint density at radius 2 is 1.58 bits per heavy atom. The molecular weight excluding hydrogens is 320 g/mol. The smallest absolute Gasteiger partial charge is 0.239 e. The number of likely N-dealkylation sites (tertiary alicyclic amines) is 1. The van der Waals surface area contributed by atoms with Crippen LogP contribution in [-0.2, 0) is 10.0 Å². The minimum absolute atomic E-state index is 0.560. The van der Waals surface area contributed by atoms with Crippen molar-refractivity contribution in [1.82, 2.24) is 9.21 Å². The first kappa shape index (κ1) is 19.7. The minimum Gasteiger partial charge on any atom is -0.300 e. The molecule has 2 aliphatic heterocycles. The Kier molecular flexibility index (Phi) is 7.08. The van der Waals surface area contributed by atoms with Gasteiger partial charge < -0.3 is 4.90 Å². The summed E-state index contributed by atoms with van der Waals surface area (Å²) in [6.45, 7) is 11.6. The standard InChI is InChI=1S/C19H34N2O2S/c1-5-19(17(4)15-16(2)3)24(22,23)21-13-9-18(10-14-21)20-11-7-6-8-12-20/h15,18H,5-14H2,1-4H3. The highest BCUT2D eigenvalue weighted by molar-refractivity contribution is 7.93. The van der Waals surface area contributed by atoms with E-state index in [-0.39, 0.29) is 0 Å². The maximum Gasteiger partial charge on any atom is 0.239 e. The van der Waals surface area contributed by atoms with E-state index in [1.807, 2.05) is 33.8 Å². The van der Waals surface area contributed by atoms with Crippen molar-refractivity contribution in [3.05, 3.63) is 22.1 Å². The normalized spacial score (nSPS) is 23.0. The van der Waals surface area contributed by atoms with Crippen molar-refractivity contribution >= 4 is 10.0 Å². The van der Waals surface area contributed by atoms with Crippen molar-refractivity contribution in [2.24, 2.45) is 0 Å². The molecule has 2 aliphatic rings. The van der Waals surface area contributed by atoms with E-state index < -0.39 is 10.0 Å². The molecular formula is C19H34N2O2S. The van der Waals surface area contributed by atoms with Crippen LogP contribution in [0.1, 0.15) is 66.2 Å². The molecule has 2 saturated heterocycles. The topological polar surface area (TPSA) is 40.6 Å². The molecule has 0 spiro atoms. The highest BCUT2D eigenvalue weighted by Crippen LogP contribution is 2.27. The molecule has 2 rings (SSSR count). The summed E-state index contributed by atoms with van der Waals surface area (Å²) in [5.41, 5.74) is 2.02. The fourth-order valence-corrected chi connectivity index (χ4v) is 5.90. The zero-order valence-electron chi connectivity index (χ0n) is 15.8. The molecule has 24 heavy (non-hydrogen) atoms. The lowest BCUT2D eigenvalue weighted by atomic mass is 10.0. The van der Waals surface area contributed by atoms with Crippen LogP contribution in [0, 0.1) is 0 Å². The zero-order chi connectivity index (χ0) is 17.7. The second kappa shape index (κ2) is 8.63. The van der Waals surface area contributed by atoms with Gasteiger partial charge in [0, 0.05) is 19.1 Å². The van der Waals surface area contributed by atoms with E-state index in [9.17, 15) is 8.42 Å². The Balaban J connectivity index is 2.07. The summed E-state index contributed by atoms with van der Waals surface area (Å²) in [7, 11) is -3.32. The molecule has 0 bridgehead atoms. The van der Waals surface area contributed by atoms with Crippen LogP contribution in [0.15, 0.2) is 22.1 Å². The molecule has 0 saturated carbocycles. The molecule has 0 unspecified atom stereocenters. The highest BCUT2D eigenvalue weighted by atomic mass is 32.2. The van der Waals surface area contributed by atoms with E-state index >= 15 is 0 Å². The van der Waals surface area contributed by atoms with Crippen LogP contribution in [0.3, 0.4) is 0 Å². The Morgan fingerprint density at radius 3 is 2.08 bits per heavy atom. The average molecular weight is 355 g/mol. The van der Waals surface area contributed by atoms with Crippen molar-refractivity contribution in [2.75, 3.05) is 26.2 Å². The van der Waals surface area contributed by atoms with Gasteiger partial charge in [0.05, 0.1) is 4.91 Å². The van der Waals surface area contributed by atoms with Gasteiger partial charge in [-0.1, -0.05) is 25.0 Å². The highest BCUT2D eigenvalue weighted by Gasteiger charge is 2.33. The predicted molar refractivity (Wildman–Crippen MR) is 101 cm³/mol. The van der Waals surface area contributed by atoms with E-state index in [0.717, 1.165) is 24.0 Å². The zero-order valence-corrected chi connectivity index (χ0v) is 16.7. The Hall–Kier alpha value is -0.650. The largest absolute Gasteiger partial charge is 0.300 e. The van der Waals surface area contributed by atoms with Gasteiger partial charge in [-0.2, -0.15) is 4.31 Å². The number of hydrogen-bond acceptors (Lipinski definition) is 3. The third-order valence-electron chi connectivity index (χ3n) is 5.25. The van der Waals surface area contributed by atoms with Gasteiger partial charge in [-0.3, -0.25) is 0 Å². The number of rotatable bonds is 5. The van der Waals surface area contributed by atoms with Gasteiger partial charge in [-0.15, -0.1) is 0 Å². The van der Waals surface area contributed by atoms with Crippen LogP contribution in [0.2, 0.25) is 0 Å². The monoisotopic (exact) mass is 354 g/mol. The molecule has 2 heterocycles. The SMILES string of the molecule is CCC(=C(C)C=C(C)C)S(=O)(=O)N1CCC(N2CCCCC2)CC1. The number of nitrogens with zero attached hydrogens (tertiary/aromatic N) is 2. The number of hydrogen-bond donors (Lipinski definition) is 0. The van der Waals surface area contributed by atoms with Crippen molar-refractivity contribution in [3.8, 4) is 0 Å². The van der Waals surface area contributed by atoms with Gasteiger partial charge >= 0.3 is 0 Å². The van der Waals surface area contributed by atoms with Crippen LogP contribution in [0.5, 0.6) is 0 Å². The molecule has 0 amide bonds. The van der Waals surface area contributed by atoms with Gasteiger partial charge in [-0.25, -0.2) is 8.42 Å². The average Bonchev–Trinajstić information content (AvgIpc) is 2.55.